The molecule has 0 radical (unpaired) electrons. The van der Waals surface area contributed by atoms with Gasteiger partial charge in [0.1, 0.15) is 24.4 Å². The van der Waals surface area contributed by atoms with Crippen LogP contribution in [0.2, 0.25) is 0 Å². The van der Waals surface area contributed by atoms with E-state index >= 15 is 0 Å². The standard InChI is InChI=1S/C10H12O2.C8H8O.C6H12O.C5H8O3.C4H8O2.C3H5ClO.C3H6O2.C3H6O/c1-2-4-9(5-3-1)6-11-7-10-8-12-10;1-2-4-7(5-3-1)8-6-9-8;1-2-3-4-6-5-7-6;1-2-7-5(6)4-3-8-4;1-5-2-4-3-6-4;2*4-1-3-2-5-3;1-3-2-4-3/h1-5,10H,6-8H2;1-5,8H,6H2;6H,2-5H2,1H3;4H,2-3H2,1H3;4H,2-3H2,1H3;3H,1-2H2;3-4H,1-2H2;3H,2H2,1H3. The molecule has 2 aromatic carbocycles. The summed E-state index contributed by atoms with van der Waals surface area (Å²) in [5.41, 5.74) is 2.52. The molecule has 8 fully saturated rings. The highest BCUT2D eigenvalue weighted by Gasteiger charge is 2.32. The van der Waals surface area contributed by atoms with Crippen LogP contribution < -0.4 is 0 Å². The van der Waals surface area contributed by atoms with Crippen LogP contribution in [0, 0.1) is 0 Å². The van der Waals surface area contributed by atoms with Crippen LogP contribution in [0.15, 0.2) is 60.7 Å². The molecule has 2 aromatic rings. The topological polar surface area (TPSA) is 165 Å². The molecule has 13 nitrogen and oxygen atoms in total. The Balaban J connectivity index is 0.000000176. The summed E-state index contributed by atoms with van der Waals surface area (Å²) in [6.07, 6.45) is 6.72. The van der Waals surface area contributed by atoms with Crippen LogP contribution in [0.4, 0.5) is 0 Å². The Morgan fingerprint density at radius 1 is 0.714 bits per heavy atom. The summed E-state index contributed by atoms with van der Waals surface area (Å²) in [7, 11) is 1.68. The largest absolute Gasteiger partial charge is 0.464 e. The highest BCUT2D eigenvalue weighted by Crippen LogP contribution is 2.28. The number of ether oxygens (including phenoxy) is 11. The lowest BCUT2D eigenvalue weighted by Gasteiger charge is -2.00. The van der Waals surface area contributed by atoms with Gasteiger partial charge >= 0.3 is 5.97 Å². The summed E-state index contributed by atoms with van der Waals surface area (Å²) in [5.74, 6) is 0.438. The van der Waals surface area contributed by atoms with Gasteiger partial charge < -0.3 is 57.2 Å². The van der Waals surface area contributed by atoms with Crippen molar-refractivity contribution in [2.75, 3.05) is 92.3 Å². The average molecular weight is 813 g/mol. The lowest BCUT2D eigenvalue weighted by atomic mass is 10.2. The van der Waals surface area contributed by atoms with Crippen LogP contribution in [0.3, 0.4) is 0 Å². The number of carbonyl (C=O) groups excluding carboxylic acids is 1. The number of esters is 1. The number of alkyl halides is 1. The second-order valence-electron chi connectivity index (χ2n) is 13.7. The number of halogens is 1. The van der Waals surface area contributed by atoms with E-state index < -0.39 is 0 Å². The van der Waals surface area contributed by atoms with Gasteiger partial charge in [-0.25, -0.2) is 4.79 Å². The first kappa shape index (κ1) is 48.1. The molecule has 8 aliphatic rings. The van der Waals surface area contributed by atoms with E-state index in [1.807, 2.05) is 36.4 Å². The molecule has 318 valence electrons. The number of rotatable bonds is 14. The molecule has 56 heavy (non-hydrogen) atoms. The first-order valence-corrected chi connectivity index (χ1v) is 20.3. The third-order valence-corrected chi connectivity index (χ3v) is 8.27. The molecule has 8 saturated heterocycles. The highest BCUT2D eigenvalue weighted by atomic mass is 35.5. The van der Waals surface area contributed by atoms with Crippen molar-refractivity contribution < 1.29 is 62.0 Å². The highest BCUT2D eigenvalue weighted by molar-refractivity contribution is 6.18. The van der Waals surface area contributed by atoms with Crippen LogP contribution in [0.25, 0.3) is 0 Å². The van der Waals surface area contributed by atoms with Crippen molar-refractivity contribution in [3.05, 3.63) is 71.8 Å². The number of epoxide rings is 8. The molecule has 0 bridgehead atoms. The minimum Gasteiger partial charge on any atom is -0.464 e. The summed E-state index contributed by atoms with van der Waals surface area (Å²) in [6, 6.07) is 20.5. The second kappa shape index (κ2) is 29.9. The minimum atomic E-state index is -0.241. The molecule has 14 heteroatoms. The Bertz CT molecular complexity index is 1200. The zero-order chi connectivity index (χ0) is 40.2. The second-order valence-corrected chi connectivity index (χ2v) is 14.0. The summed E-state index contributed by atoms with van der Waals surface area (Å²) in [6.45, 7) is 15.7. The lowest BCUT2D eigenvalue weighted by Crippen LogP contribution is -2.10. The van der Waals surface area contributed by atoms with Crippen molar-refractivity contribution in [1.82, 2.24) is 0 Å². The van der Waals surface area contributed by atoms with Crippen molar-refractivity contribution in [3.8, 4) is 0 Å². The van der Waals surface area contributed by atoms with Gasteiger partial charge in [0.15, 0.2) is 6.10 Å². The first-order chi connectivity index (χ1) is 27.4. The Hall–Kier alpha value is -2.24. The lowest BCUT2D eigenvalue weighted by molar-refractivity contribution is -0.144. The monoisotopic (exact) mass is 812 g/mol. The van der Waals surface area contributed by atoms with Gasteiger partial charge in [-0.05, 0) is 31.4 Å². The maximum atomic E-state index is 10.5. The normalized spacial score (nSPS) is 27.5. The molecule has 0 aromatic heterocycles. The van der Waals surface area contributed by atoms with Crippen LogP contribution in [-0.2, 0) is 63.5 Å². The third-order valence-electron chi connectivity index (χ3n) is 7.92. The van der Waals surface area contributed by atoms with Gasteiger partial charge in [-0.15, -0.1) is 11.6 Å². The molecule has 10 rings (SSSR count). The number of methoxy groups -OCH3 is 1. The fourth-order valence-electron chi connectivity index (χ4n) is 3.82. The molecule has 8 heterocycles. The van der Waals surface area contributed by atoms with Crippen LogP contribution >= 0.6 is 11.6 Å². The number of hydrogen-bond donors (Lipinski definition) is 1. The van der Waals surface area contributed by atoms with E-state index in [0.29, 0.717) is 62.3 Å². The number of benzene rings is 2. The van der Waals surface area contributed by atoms with Crippen molar-refractivity contribution in [2.24, 2.45) is 0 Å². The van der Waals surface area contributed by atoms with E-state index in [4.69, 9.17) is 54.6 Å². The van der Waals surface area contributed by atoms with E-state index in [-0.39, 0.29) is 24.8 Å². The molecule has 0 amide bonds. The quantitative estimate of drug-likeness (QED) is 0.148. The zero-order valence-electron chi connectivity index (χ0n) is 33.6. The SMILES string of the molecule is CC1CO1.CCCCC1CO1.CCOC(=O)C1CO1.COCC1CO1.ClCC1CO1.OCC1CO1.c1ccc(C2CO2)cc1.c1ccc(COCC2CO2)cc1. The predicted molar refractivity (Wildman–Crippen MR) is 211 cm³/mol. The average Bonchev–Trinajstić information content (AvgIpc) is 4.02. The number of aliphatic hydroxyl groups excluding tert-OH is 1. The molecule has 8 aliphatic heterocycles. The molecule has 8 unspecified atom stereocenters. The predicted octanol–water partition coefficient (Wildman–Crippen LogP) is 5.32. The molecular weight excluding hydrogens is 748 g/mol. The van der Waals surface area contributed by atoms with Crippen molar-refractivity contribution in [1.29, 1.82) is 0 Å². The van der Waals surface area contributed by atoms with Crippen LogP contribution in [0.1, 0.15) is 57.3 Å². The Kier molecular flexibility index (Phi) is 25.7. The Morgan fingerprint density at radius 3 is 1.57 bits per heavy atom. The van der Waals surface area contributed by atoms with Crippen molar-refractivity contribution >= 4 is 17.6 Å². The van der Waals surface area contributed by atoms with E-state index in [0.717, 1.165) is 59.5 Å². The number of aliphatic hydroxyl groups is 1. The van der Waals surface area contributed by atoms with Crippen LogP contribution in [0.5, 0.6) is 0 Å². The van der Waals surface area contributed by atoms with Crippen molar-refractivity contribution in [2.45, 2.75) is 95.5 Å². The fraction of sp³-hybridized carbons (Fsp3) is 0.690. The van der Waals surface area contributed by atoms with Crippen LogP contribution in [-0.4, -0.2) is 146 Å². The maximum Gasteiger partial charge on any atom is 0.337 e. The summed E-state index contributed by atoms with van der Waals surface area (Å²) >= 11 is 5.27. The molecule has 0 saturated carbocycles. The summed E-state index contributed by atoms with van der Waals surface area (Å²) in [5, 5.41) is 8.08. The van der Waals surface area contributed by atoms with Crippen molar-refractivity contribution in [3.63, 3.8) is 0 Å². The van der Waals surface area contributed by atoms with Gasteiger partial charge in [0, 0.05) is 7.11 Å². The van der Waals surface area contributed by atoms with E-state index in [1.54, 1.807) is 14.0 Å². The summed E-state index contributed by atoms with van der Waals surface area (Å²) in [4.78, 5) is 10.5. The first-order valence-electron chi connectivity index (χ1n) is 19.8. The summed E-state index contributed by atoms with van der Waals surface area (Å²) < 4.78 is 53.4. The number of hydrogen-bond acceptors (Lipinski definition) is 13. The van der Waals surface area contributed by atoms with Gasteiger partial charge in [0.2, 0.25) is 0 Å². The Morgan fingerprint density at radius 2 is 1.23 bits per heavy atom. The van der Waals surface area contributed by atoms with Gasteiger partial charge in [0.25, 0.3) is 0 Å². The Labute approximate surface area is 338 Å². The van der Waals surface area contributed by atoms with Gasteiger partial charge in [-0.2, -0.15) is 0 Å². The van der Waals surface area contributed by atoms with E-state index in [9.17, 15) is 4.79 Å². The molecule has 0 spiro atoms. The minimum absolute atomic E-state index is 0.190. The van der Waals surface area contributed by atoms with Gasteiger partial charge in [0.05, 0.1) is 110 Å². The van der Waals surface area contributed by atoms with E-state index in [2.05, 4.69) is 52.3 Å². The third kappa shape index (κ3) is 30.8. The van der Waals surface area contributed by atoms with Gasteiger partial charge in [-0.1, -0.05) is 80.4 Å². The number of unbranched alkanes of at least 4 members (excludes halogenated alkanes) is 1. The zero-order valence-corrected chi connectivity index (χ0v) is 34.4. The number of carbonyl (C=O) groups is 1. The smallest absolute Gasteiger partial charge is 0.337 e. The van der Waals surface area contributed by atoms with Gasteiger partial charge in [-0.3, -0.25) is 0 Å². The van der Waals surface area contributed by atoms with E-state index in [1.165, 1.54) is 30.4 Å². The molecule has 8 atom stereocenters. The maximum absolute atomic E-state index is 10.5. The molecule has 0 aliphatic carbocycles. The fourth-order valence-corrected chi connectivity index (χ4v) is 4.00. The molecule has 1 N–H and O–H groups in total. The molecular formula is C42H65ClO13.